The molecule has 1 aromatic carbocycles. The van der Waals surface area contributed by atoms with Crippen LogP contribution in [0.25, 0.3) is 0 Å². The summed E-state index contributed by atoms with van der Waals surface area (Å²) in [7, 11) is 0. The van der Waals surface area contributed by atoms with Crippen LogP contribution in [0.5, 0.6) is 0 Å². The first-order chi connectivity index (χ1) is 7.17. The lowest BCUT2D eigenvalue weighted by Crippen LogP contribution is -2.29. The molecule has 0 aliphatic carbocycles. The third kappa shape index (κ3) is 4.04. The molecule has 2 N–H and O–H groups in total. The van der Waals surface area contributed by atoms with Crippen LogP contribution in [0, 0.1) is 9.39 Å². The van der Waals surface area contributed by atoms with Gasteiger partial charge in [0.25, 0.3) is 0 Å². The van der Waals surface area contributed by atoms with E-state index < -0.39 is 0 Å². The molecule has 84 valence electrons. The number of nitrogens with two attached hydrogens (primary N) is 1. The number of likely N-dealkylation sites (N-methyl/N-ethyl adjacent to an activating group) is 1. The highest BCUT2D eigenvalue weighted by Gasteiger charge is 2.06. The van der Waals surface area contributed by atoms with Crippen molar-refractivity contribution in [1.82, 2.24) is 4.90 Å². The van der Waals surface area contributed by atoms with Crippen LogP contribution in [0.1, 0.15) is 12.5 Å². The van der Waals surface area contributed by atoms with Gasteiger partial charge in [-0.25, -0.2) is 4.39 Å². The molecule has 0 bridgehead atoms. The Morgan fingerprint density at radius 1 is 1.47 bits per heavy atom. The predicted octanol–water partition coefficient (Wildman–Crippen LogP) is 2.21. The van der Waals surface area contributed by atoms with Gasteiger partial charge in [-0.15, -0.1) is 0 Å². The number of nitrogens with zero attached hydrogens (tertiary/aromatic N) is 1. The minimum Gasteiger partial charge on any atom is -0.329 e. The lowest BCUT2D eigenvalue weighted by Gasteiger charge is -2.20. The Labute approximate surface area is 104 Å². The van der Waals surface area contributed by atoms with Gasteiger partial charge in [0.1, 0.15) is 5.82 Å². The quantitative estimate of drug-likeness (QED) is 0.842. The second-order valence-corrected chi connectivity index (χ2v) is 4.56. The maximum absolute atomic E-state index is 12.9. The summed E-state index contributed by atoms with van der Waals surface area (Å²) in [4.78, 5) is 2.25. The van der Waals surface area contributed by atoms with E-state index in [1.807, 2.05) is 6.07 Å². The second kappa shape index (κ2) is 6.40. The van der Waals surface area contributed by atoms with Gasteiger partial charge >= 0.3 is 0 Å². The maximum Gasteiger partial charge on any atom is 0.124 e. The van der Waals surface area contributed by atoms with E-state index in [4.69, 9.17) is 5.73 Å². The minimum absolute atomic E-state index is 0.176. The normalized spacial score (nSPS) is 11.0. The highest BCUT2D eigenvalue weighted by Crippen LogP contribution is 2.15. The molecule has 0 heterocycles. The van der Waals surface area contributed by atoms with Gasteiger partial charge in [-0.2, -0.15) is 0 Å². The molecule has 15 heavy (non-hydrogen) atoms. The number of rotatable bonds is 5. The molecule has 0 aliphatic heterocycles. The average molecular weight is 322 g/mol. The molecule has 0 saturated heterocycles. The summed E-state index contributed by atoms with van der Waals surface area (Å²) in [5, 5.41) is 0. The van der Waals surface area contributed by atoms with E-state index in [1.54, 1.807) is 6.07 Å². The third-order valence-electron chi connectivity index (χ3n) is 2.30. The van der Waals surface area contributed by atoms with Crippen LogP contribution in [-0.4, -0.2) is 24.5 Å². The standard InChI is InChI=1S/C11H16FIN2/c1-2-15(6-5-14)8-9-3-4-10(12)7-11(9)13/h3-4,7H,2,5-6,8,14H2,1H3. The fraction of sp³-hybridized carbons (Fsp3) is 0.455. The van der Waals surface area contributed by atoms with E-state index in [1.165, 1.54) is 6.07 Å². The van der Waals surface area contributed by atoms with Gasteiger partial charge in [0.05, 0.1) is 0 Å². The molecule has 0 aliphatic rings. The van der Waals surface area contributed by atoms with Gasteiger partial charge in [-0.1, -0.05) is 13.0 Å². The summed E-state index contributed by atoms with van der Waals surface area (Å²) in [5.41, 5.74) is 6.68. The molecule has 1 aromatic rings. The van der Waals surface area contributed by atoms with E-state index >= 15 is 0 Å². The number of hydrogen-bond acceptors (Lipinski definition) is 2. The summed E-state index contributed by atoms with van der Waals surface area (Å²) in [6.45, 7) is 5.44. The molecule has 0 fully saturated rings. The van der Waals surface area contributed by atoms with E-state index in [9.17, 15) is 4.39 Å². The van der Waals surface area contributed by atoms with Crippen molar-refractivity contribution >= 4 is 22.6 Å². The molecular weight excluding hydrogens is 306 g/mol. The van der Waals surface area contributed by atoms with E-state index in [-0.39, 0.29) is 5.82 Å². The van der Waals surface area contributed by atoms with E-state index in [0.29, 0.717) is 6.54 Å². The molecule has 0 radical (unpaired) electrons. The van der Waals surface area contributed by atoms with Gasteiger partial charge < -0.3 is 5.73 Å². The van der Waals surface area contributed by atoms with Gasteiger partial charge in [-0.05, 0) is 46.8 Å². The lowest BCUT2D eigenvalue weighted by atomic mass is 10.2. The first-order valence-electron chi connectivity index (χ1n) is 5.03. The Morgan fingerprint density at radius 2 is 2.20 bits per heavy atom. The molecule has 0 amide bonds. The molecule has 2 nitrogen and oxygen atoms in total. The molecule has 4 heteroatoms. The van der Waals surface area contributed by atoms with Crippen LogP contribution in [0.3, 0.4) is 0 Å². The fourth-order valence-corrected chi connectivity index (χ4v) is 2.07. The van der Waals surface area contributed by atoms with Gasteiger partial charge in [0.15, 0.2) is 0 Å². The summed E-state index contributed by atoms with van der Waals surface area (Å²) in [6.07, 6.45) is 0. The van der Waals surface area contributed by atoms with Gasteiger partial charge in [0.2, 0.25) is 0 Å². The topological polar surface area (TPSA) is 29.3 Å². The van der Waals surface area contributed by atoms with Crippen LogP contribution in [0.2, 0.25) is 0 Å². The largest absolute Gasteiger partial charge is 0.329 e. The predicted molar refractivity (Wildman–Crippen MR) is 69.1 cm³/mol. The molecule has 0 aromatic heterocycles. The zero-order chi connectivity index (χ0) is 11.3. The number of hydrogen-bond donors (Lipinski definition) is 1. The van der Waals surface area contributed by atoms with Crippen LogP contribution >= 0.6 is 22.6 Å². The van der Waals surface area contributed by atoms with E-state index in [0.717, 1.165) is 28.8 Å². The third-order valence-corrected chi connectivity index (χ3v) is 3.31. The molecule has 0 saturated carbocycles. The van der Waals surface area contributed by atoms with Crippen molar-refractivity contribution in [2.24, 2.45) is 5.73 Å². The Hall–Kier alpha value is -0.200. The molecule has 0 spiro atoms. The molecular formula is C11H16FIN2. The van der Waals surface area contributed by atoms with Crippen molar-refractivity contribution in [2.45, 2.75) is 13.5 Å². The Morgan fingerprint density at radius 3 is 2.73 bits per heavy atom. The Balaban J connectivity index is 2.70. The monoisotopic (exact) mass is 322 g/mol. The Bertz CT molecular complexity index is 317. The van der Waals surface area contributed by atoms with Crippen LogP contribution in [0.15, 0.2) is 18.2 Å². The van der Waals surface area contributed by atoms with Crippen LogP contribution < -0.4 is 5.73 Å². The average Bonchev–Trinajstić information content (AvgIpc) is 2.21. The number of benzene rings is 1. The van der Waals surface area contributed by atoms with Crippen LogP contribution in [0.4, 0.5) is 4.39 Å². The van der Waals surface area contributed by atoms with Crippen molar-refractivity contribution in [1.29, 1.82) is 0 Å². The first-order valence-corrected chi connectivity index (χ1v) is 6.11. The lowest BCUT2D eigenvalue weighted by molar-refractivity contribution is 0.287. The summed E-state index contributed by atoms with van der Waals surface area (Å²) in [5.74, 6) is -0.176. The highest BCUT2D eigenvalue weighted by atomic mass is 127. The number of halogens is 2. The maximum atomic E-state index is 12.9. The molecule has 0 unspecified atom stereocenters. The fourth-order valence-electron chi connectivity index (χ4n) is 1.42. The zero-order valence-electron chi connectivity index (χ0n) is 8.84. The van der Waals surface area contributed by atoms with Crippen molar-refractivity contribution in [3.05, 3.63) is 33.1 Å². The van der Waals surface area contributed by atoms with Crippen molar-refractivity contribution in [3.8, 4) is 0 Å². The van der Waals surface area contributed by atoms with Crippen molar-refractivity contribution < 1.29 is 4.39 Å². The van der Waals surface area contributed by atoms with Crippen LogP contribution in [-0.2, 0) is 6.54 Å². The van der Waals surface area contributed by atoms with E-state index in [2.05, 4.69) is 34.4 Å². The van der Waals surface area contributed by atoms with Gasteiger partial charge in [0, 0.05) is 23.2 Å². The zero-order valence-corrected chi connectivity index (χ0v) is 11.0. The SMILES string of the molecule is CCN(CCN)Cc1ccc(F)cc1I. The van der Waals surface area contributed by atoms with Crippen molar-refractivity contribution in [3.63, 3.8) is 0 Å². The van der Waals surface area contributed by atoms with Crippen molar-refractivity contribution in [2.75, 3.05) is 19.6 Å². The minimum atomic E-state index is -0.176. The highest BCUT2D eigenvalue weighted by molar-refractivity contribution is 14.1. The second-order valence-electron chi connectivity index (χ2n) is 3.39. The summed E-state index contributed by atoms with van der Waals surface area (Å²) in [6, 6.07) is 4.91. The molecule has 0 atom stereocenters. The first kappa shape index (κ1) is 12.9. The molecule has 1 rings (SSSR count). The summed E-state index contributed by atoms with van der Waals surface area (Å²) >= 11 is 2.17. The smallest absolute Gasteiger partial charge is 0.124 e. The Kier molecular flexibility index (Phi) is 5.49. The summed E-state index contributed by atoms with van der Waals surface area (Å²) < 4.78 is 13.9. The van der Waals surface area contributed by atoms with Gasteiger partial charge in [-0.3, -0.25) is 4.90 Å².